The summed E-state index contributed by atoms with van der Waals surface area (Å²) in [5.41, 5.74) is 0. The molecule has 2 N–H and O–H groups in total. The zero-order valence-corrected chi connectivity index (χ0v) is 19.4. The summed E-state index contributed by atoms with van der Waals surface area (Å²) in [7, 11) is 0. The summed E-state index contributed by atoms with van der Waals surface area (Å²) < 4.78 is 0. The van der Waals surface area contributed by atoms with Crippen LogP contribution in [-0.4, -0.2) is 22.3 Å². The van der Waals surface area contributed by atoms with Gasteiger partial charge < -0.3 is 10.2 Å². The standard InChI is InChI=1S/C26H50O3/c1-2-3-4-5-6-7-8-9-10-11-12-13-14-15-16-17-18-19-20-21-22-23-24-25(27)26(28)29/h22-23,25,27H,2-21,24H2,1H3,(H,28,29). The van der Waals surface area contributed by atoms with Crippen LogP contribution >= 0.6 is 0 Å². The second-order valence-electron chi connectivity index (χ2n) is 8.71. The summed E-state index contributed by atoms with van der Waals surface area (Å²) in [6.07, 6.45) is 30.2. The molecule has 3 heteroatoms. The van der Waals surface area contributed by atoms with Crippen LogP contribution in [0.4, 0.5) is 0 Å². The molecule has 3 nitrogen and oxygen atoms in total. The SMILES string of the molecule is CCCCCCCCCCCCCCCCCCCCCC=CCC(O)C(=O)O. The summed E-state index contributed by atoms with van der Waals surface area (Å²) in [5.74, 6) is -1.14. The first-order chi connectivity index (χ1) is 14.2. The smallest absolute Gasteiger partial charge is 0.332 e. The van der Waals surface area contributed by atoms with Crippen LogP contribution in [0, 0.1) is 0 Å². The van der Waals surface area contributed by atoms with E-state index < -0.39 is 12.1 Å². The Hall–Kier alpha value is -0.830. The van der Waals surface area contributed by atoms with Crippen LogP contribution in [0.15, 0.2) is 12.2 Å². The van der Waals surface area contributed by atoms with Gasteiger partial charge in [0.1, 0.15) is 0 Å². The number of carbonyl (C=O) groups is 1. The molecule has 0 amide bonds. The molecule has 0 spiro atoms. The largest absolute Gasteiger partial charge is 0.479 e. The predicted molar refractivity (Wildman–Crippen MR) is 125 cm³/mol. The Labute approximate surface area is 181 Å². The number of rotatable bonds is 23. The van der Waals surface area contributed by atoms with Crippen LogP contribution < -0.4 is 0 Å². The van der Waals surface area contributed by atoms with Crippen LogP contribution in [0.2, 0.25) is 0 Å². The summed E-state index contributed by atoms with van der Waals surface area (Å²) in [4.78, 5) is 10.5. The van der Waals surface area contributed by atoms with Gasteiger partial charge >= 0.3 is 5.97 Å². The molecule has 0 aromatic heterocycles. The van der Waals surface area contributed by atoms with Gasteiger partial charge in [-0.05, 0) is 12.8 Å². The van der Waals surface area contributed by atoms with Crippen LogP contribution in [-0.2, 0) is 4.79 Å². The molecule has 0 radical (unpaired) electrons. The average Bonchev–Trinajstić information content (AvgIpc) is 2.71. The Morgan fingerprint density at radius 1 is 0.621 bits per heavy atom. The molecule has 29 heavy (non-hydrogen) atoms. The van der Waals surface area contributed by atoms with Crippen molar-refractivity contribution in [2.45, 2.75) is 148 Å². The van der Waals surface area contributed by atoms with Crippen molar-refractivity contribution in [2.75, 3.05) is 0 Å². The fourth-order valence-corrected chi connectivity index (χ4v) is 3.78. The molecule has 0 rings (SSSR count). The Morgan fingerprint density at radius 2 is 0.966 bits per heavy atom. The molecule has 0 aromatic carbocycles. The van der Waals surface area contributed by atoms with E-state index >= 15 is 0 Å². The third-order valence-electron chi connectivity index (χ3n) is 5.79. The van der Waals surface area contributed by atoms with Gasteiger partial charge in [0.05, 0.1) is 0 Å². The van der Waals surface area contributed by atoms with Crippen LogP contribution in [0.3, 0.4) is 0 Å². The summed E-state index contributed by atoms with van der Waals surface area (Å²) in [6.45, 7) is 2.28. The summed E-state index contributed by atoms with van der Waals surface area (Å²) in [5, 5.41) is 17.7. The summed E-state index contributed by atoms with van der Waals surface area (Å²) in [6, 6.07) is 0. The van der Waals surface area contributed by atoms with Crippen LogP contribution in [0.25, 0.3) is 0 Å². The molecule has 0 fully saturated rings. The normalized spacial score (nSPS) is 12.6. The van der Waals surface area contributed by atoms with E-state index in [1.165, 1.54) is 122 Å². The van der Waals surface area contributed by atoms with Gasteiger partial charge in [0, 0.05) is 6.42 Å². The van der Waals surface area contributed by atoms with Crippen molar-refractivity contribution in [3.05, 3.63) is 12.2 Å². The number of aliphatic hydroxyl groups excluding tert-OH is 1. The van der Waals surface area contributed by atoms with E-state index in [0.717, 1.165) is 6.42 Å². The second kappa shape index (κ2) is 23.4. The maximum Gasteiger partial charge on any atom is 0.332 e. The monoisotopic (exact) mass is 410 g/mol. The maximum absolute atomic E-state index is 10.5. The van der Waals surface area contributed by atoms with Crippen LogP contribution in [0.5, 0.6) is 0 Å². The first-order valence-corrected chi connectivity index (χ1v) is 12.7. The Bertz CT molecular complexity index is 365. The zero-order chi connectivity index (χ0) is 21.4. The fourth-order valence-electron chi connectivity index (χ4n) is 3.78. The molecule has 0 aromatic rings. The highest BCUT2D eigenvalue weighted by Crippen LogP contribution is 2.14. The second-order valence-corrected chi connectivity index (χ2v) is 8.71. The lowest BCUT2D eigenvalue weighted by Gasteiger charge is -2.04. The van der Waals surface area contributed by atoms with Gasteiger partial charge in [-0.25, -0.2) is 4.79 Å². The van der Waals surface area contributed by atoms with Gasteiger partial charge in [-0.1, -0.05) is 135 Å². The number of hydrogen-bond acceptors (Lipinski definition) is 2. The third-order valence-corrected chi connectivity index (χ3v) is 5.79. The zero-order valence-electron chi connectivity index (χ0n) is 19.4. The molecule has 172 valence electrons. The highest BCUT2D eigenvalue weighted by Gasteiger charge is 2.09. The van der Waals surface area contributed by atoms with E-state index in [9.17, 15) is 4.79 Å². The van der Waals surface area contributed by atoms with Gasteiger partial charge in [-0.2, -0.15) is 0 Å². The molecule has 0 saturated heterocycles. The molecule has 0 aliphatic rings. The first kappa shape index (κ1) is 28.2. The van der Waals surface area contributed by atoms with Crippen molar-refractivity contribution in [1.82, 2.24) is 0 Å². The maximum atomic E-state index is 10.5. The Balaban J connectivity index is 3.10. The predicted octanol–water partition coefficient (Wildman–Crippen LogP) is 8.20. The average molecular weight is 411 g/mol. The number of carboxylic acid groups (broad SMARTS) is 1. The van der Waals surface area contributed by atoms with Crippen molar-refractivity contribution < 1.29 is 15.0 Å². The Morgan fingerprint density at radius 3 is 1.31 bits per heavy atom. The van der Waals surface area contributed by atoms with Crippen molar-refractivity contribution in [3.8, 4) is 0 Å². The molecule has 0 bridgehead atoms. The van der Waals surface area contributed by atoms with Gasteiger partial charge in [0.25, 0.3) is 0 Å². The molecule has 1 atom stereocenters. The summed E-state index contributed by atoms with van der Waals surface area (Å²) >= 11 is 0. The minimum atomic E-state index is -1.25. The lowest BCUT2D eigenvalue weighted by atomic mass is 10.0. The van der Waals surface area contributed by atoms with Gasteiger partial charge in [-0.3, -0.25) is 0 Å². The van der Waals surface area contributed by atoms with E-state index in [4.69, 9.17) is 10.2 Å². The number of hydrogen-bond donors (Lipinski definition) is 2. The minimum absolute atomic E-state index is 0.217. The molecule has 0 aliphatic heterocycles. The molecule has 0 aliphatic carbocycles. The molecule has 0 saturated carbocycles. The Kier molecular flexibility index (Phi) is 22.8. The number of unbranched alkanes of at least 4 members (excludes halogenated alkanes) is 19. The number of aliphatic hydroxyl groups is 1. The number of carboxylic acids is 1. The molecule has 1 unspecified atom stereocenters. The lowest BCUT2D eigenvalue weighted by molar-refractivity contribution is -0.146. The highest BCUT2D eigenvalue weighted by molar-refractivity contribution is 5.72. The quantitative estimate of drug-likeness (QED) is 0.132. The van der Waals surface area contributed by atoms with Crippen molar-refractivity contribution in [2.24, 2.45) is 0 Å². The molecule has 0 heterocycles. The molecular formula is C26H50O3. The van der Waals surface area contributed by atoms with Crippen LogP contribution in [0.1, 0.15) is 142 Å². The topological polar surface area (TPSA) is 57.5 Å². The van der Waals surface area contributed by atoms with E-state index in [-0.39, 0.29) is 6.42 Å². The highest BCUT2D eigenvalue weighted by atomic mass is 16.4. The number of allylic oxidation sites excluding steroid dienone is 1. The van der Waals surface area contributed by atoms with E-state index in [1.807, 2.05) is 6.08 Å². The van der Waals surface area contributed by atoms with Crippen molar-refractivity contribution in [1.29, 1.82) is 0 Å². The van der Waals surface area contributed by atoms with E-state index in [2.05, 4.69) is 6.92 Å². The number of aliphatic carboxylic acids is 1. The van der Waals surface area contributed by atoms with E-state index in [0.29, 0.717) is 0 Å². The third kappa shape index (κ3) is 23.3. The molecular weight excluding hydrogens is 360 g/mol. The van der Waals surface area contributed by atoms with E-state index in [1.54, 1.807) is 6.08 Å². The first-order valence-electron chi connectivity index (χ1n) is 12.7. The lowest BCUT2D eigenvalue weighted by Crippen LogP contribution is -2.17. The van der Waals surface area contributed by atoms with Gasteiger partial charge in [0.15, 0.2) is 6.10 Å². The van der Waals surface area contributed by atoms with Crippen molar-refractivity contribution >= 4 is 5.97 Å². The van der Waals surface area contributed by atoms with Gasteiger partial charge in [-0.15, -0.1) is 0 Å². The fraction of sp³-hybridized carbons (Fsp3) is 0.885. The van der Waals surface area contributed by atoms with Crippen molar-refractivity contribution in [3.63, 3.8) is 0 Å². The minimum Gasteiger partial charge on any atom is -0.479 e. The van der Waals surface area contributed by atoms with Gasteiger partial charge in [0.2, 0.25) is 0 Å².